The molecule has 30 heavy (non-hydrogen) atoms. The summed E-state index contributed by atoms with van der Waals surface area (Å²) in [5.41, 5.74) is 0. The highest BCUT2D eigenvalue weighted by Crippen LogP contribution is 2.46. The predicted octanol–water partition coefficient (Wildman–Crippen LogP) is 5.56. The van der Waals surface area contributed by atoms with Crippen LogP contribution in [-0.4, -0.2) is 42.5 Å². The number of hydrogen-bond acceptors (Lipinski definition) is 3. The van der Waals surface area contributed by atoms with E-state index < -0.39 is 42.4 Å². The first kappa shape index (κ1) is 28.2. The fourth-order valence-corrected chi connectivity index (χ4v) is 2.46. The van der Waals surface area contributed by atoms with Gasteiger partial charge in [0.05, 0.1) is 6.61 Å². The molecule has 0 fully saturated rings. The van der Waals surface area contributed by atoms with E-state index in [1.807, 2.05) is 0 Å². The molecule has 1 amide bonds. The van der Waals surface area contributed by atoms with Crippen LogP contribution < -0.4 is 5.32 Å². The van der Waals surface area contributed by atoms with E-state index in [1.165, 1.54) is 5.32 Å². The van der Waals surface area contributed by atoms with Gasteiger partial charge in [-0.25, -0.2) is 4.79 Å². The highest BCUT2D eigenvalue weighted by atomic mass is 19.4. The molecule has 0 radical (unpaired) electrons. The van der Waals surface area contributed by atoms with Crippen molar-refractivity contribution in [1.29, 1.82) is 0 Å². The van der Waals surface area contributed by atoms with Crippen LogP contribution in [0.15, 0.2) is 12.7 Å². The molecule has 0 aliphatic rings. The van der Waals surface area contributed by atoms with Gasteiger partial charge in [-0.3, -0.25) is 4.79 Å². The molecule has 0 aromatic carbocycles. The first-order valence-corrected chi connectivity index (χ1v) is 9.73. The van der Waals surface area contributed by atoms with Crippen molar-refractivity contribution in [3.8, 4) is 0 Å². The summed E-state index contributed by atoms with van der Waals surface area (Å²) in [4.78, 5) is 23.3. The number of alkyl halides is 7. The predicted molar refractivity (Wildman–Crippen MR) is 96.3 cm³/mol. The average Bonchev–Trinajstić information content (AvgIpc) is 2.64. The van der Waals surface area contributed by atoms with Gasteiger partial charge in [-0.15, -0.1) is 6.58 Å². The summed E-state index contributed by atoms with van der Waals surface area (Å²) in [6.45, 7) is 5.21. The second kappa shape index (κ2) is 12.8. The topological polar surface area (TPSA) is 55.4 Å². The minimum atomic E-state index is -6.65. The number of carbonyl (C=O) groups excluding carboxylic acids is 2. The Morgan fingerprint density at radius 3 is 1.90 bits per heavy atom. The molecular weight excluding hydrogens is 423 g/mol. The standard InChI is InChI=1S/C19H28F7NO3/c1-3-5-6-7-8-9-10-11-13-30-15(28)14(12-4-2)27-16(29)17(20,21)18(22,23)19(24,25)26/h4,14H,2-3,5-13H2,1H3,(H,27,29). The number of carbonyl (C=O) groups is 2. The molecule has 0 rings (SSSR count). The zero-order valence-corrected chi connectivity index (χ0v) is 16.8. The van der Waals surface area contributed by atoms with Crippen molar-refractivity contribution in [2.75, 3.05) is 6.61 Å². The number of ether oxygens (including phenoxy) is 1. The van der Waals surface area contributed by atoms with Gasteiger partial charge in [-0.1, -0.05) is 57.9 Å². The van der Waals surface area contributed by atoms with Crippen LogP contribution in [0.3, 0.4) is 0 Å². The van der Waals surface area contributed by atoms with Gasteiger partial charge in [-0.2, -0.15) is 30.7 Å². The lowest BCUT2D eigenvalue weighted by atomic mass is 10.1. The number of hydrogen-bond donors (Lipinski definition) is 1. The van der Waals surface area contributed by atoms with Gasteiger partial charge >= 0.3 is 24.0 Å². The van der Waals surface area contributed by atoms with Crippen molar-refractivity contribution in [1.82, 2.24) is 5.32 Å². The molecule has 0 aromatic rings. The van der Waals surface area contributed by atoms with Crippen molar-refractivity contribution in [3.05, 3.63) is 12.7 Å². The summed E-state index contributed by atoms with van der Waals surface area (Å²) in [5.74, 6) is -16.9. The second-order valence-corrected chi connectivity index (χ2v) is 6.84. The van der Waals surface area contributed by atoms with Gasteiger partial charge < -0.3 is 10.1 Å². The van der Waals surface area contributed by atoms with E-state index in [2.05, 4.69) is 13.5 Å². The number of amides is 1. The Hall–Kier alpha value is -1.81. The van der Waals surface area contributed by atoms with E-state index >= 15 is 0 Å². The second-order valence-electron chi connectivity index (χ2n) is 6.84. The minimum Gasteiger partial charge on any atom is -0.464 e. The Bertz CT molecular complexity index is 551. The lowest BCUT2D eigenvalue weighted by Crippen LogP contribution is -2.61. The van der Waals surface area contributed by atoms with Crippen molar-refractivity contribution >= 4 is 11.9 Å². The van der Waals surface area contributed by atoms with E-state index in [4.69, 9.17) is 4.74 Å². The molecule has 0 heterocycles. The summed E-state index contributed by atoms with van der Waals surface area (Å²) in [6.07, 6.45) is 1.43. The Balaban J connectivity index is 4.62. The lowest BCUT2D eigenvalue weighted by Gasteiger charge is -2.28. The van der Waals surface area contributed by atoms with E-state index in [0.29, 0.717) is 6.42 Å². The first-order valence-electron chi connectivity index (χ1n) is 9.73. The molecule has 0 spiro atoms. The molecule has 1 N–H and O–H groups in total. The quantitative estimate of drug-likeness (QED) is 0.153. The third-order valence-corrected chi connectivity index (χ3v) is 4.27. The van der Waals surface area contributed by atoms with Gasteiger partial charge in [0, 0.05) is 0 Å². The highest BCUT2D eigenvalue weighted by Gasteiger charge is 2.76. The Morgan fingerprint density at radius 2 is 1.43 bits per heavy atom. The molecule has 1 atom stereocenters. The minimum absolute atomic E-state index is 0.105. The van der Waals surface area contributed by atoms with Crippen LogP contribution in [-0.2, 0) is 14.3 Å². The van der Waals surface area contributed by atoms with Crippen LogP contribution in [0.25, 0.3) is 0 Å². The lowest BCUT2D eigenvalue weighted by molar-refractivity contribution is -0.344. The van der Waals surface area contributed by atoms with E-state index in [1.54, 1.807) is 0 Å². The van der Waals surface area contributed by atoms with Crippen LogP contribution in [0.1, 0.15) is 64.7 Å². The highest BCUT2D eigenvalue weighted by molar-refractivity contribution is 5.89. The molecule has 0 aliphatic carbocycles. The zero-order valence-electron chi connectivity index (χ0n) is 16.8. The molecule has 176 valence electrons. The van der Waals surface area contributed by atoms with Crippen LogP contribution in [0.5, 0.6) is 0 Å². The van der Waals surface area contributed by atoms with Crippen LogP contribution >= 0.6 is 0 Å². The molecular formula is C19H28F7NO3. The summed E-state index contributed by atoms with van der Waals surface area (Å²) in [7, 11) is 0. The summed E-state index contributed by atoms with van der Waals surface area (Å²) in [5, 5.41) is 1.20. The third-order valence-electron chi connectivity index (χ3n) is 4.27. The maximum absolute atomic E-state index is 13.4. The fourth-order valence-electron chi connectivity index (χ4n) is 2.46. The van der Waals surface area contributed by atoms with E-state index in [9.17, 15) is 40.3 Å². The smallest absolute Gasteiger partial charge is 0.460 e. The fraction of sp³-hybridized carbons (Fsp3) is 0.789. The largest absolute Gasteiger partial charge is 0.464 e. The first-order chi connectivity index (χ1) is 13.8. The number of nitrogens with one attached hydrogen (secondary N) is 1. The molecule has 0 bridgehead atoms. The summed E-state index contributed by atoms with van der Waals surface area (Å²) in [6, 6.07) is -1.86. The monoisotopic (exact) mass is 451 g/mol. The molecule has 0 saturated carbocycles. The molecule has 1 unspecified atom stereocenters. The van der Waals surface area contributed by atoms with Crippen molar-refractivity contribution < 1.29 is 45.1 Å². The number of unbranched alkanes of at least 4 members (excludes halogenated alkanes) is 7. The Labute approximate surface area is 171 Å². The summed E-state index contributed by atoms with van der Waals surface area (Å²) >= 11 is 0. The number of esters is 1. The van der Waals surface area contributed by atoms with Gasteiger partial charge in [0.15, 0.2) is 0 Å². The SMILES string of the molecule is C=CCC(NC(=O)C(F)(F)C(F)(F)C(F)(F)F)C(=O)OCCCCCCCCCC. The number of halogens is 7. The molecule has 0 saturated heterocycles. The summed E-state index contributed by atoms with van der Waals surface area (Å²) < 4.78 is 94.0. The molecule has 0 aromatic heterocycles. The average molecular weight is 451 g/mol. The van der Waals surface area contributed by atoms with Gasteiger partial charge in [0.2, 0.25) is 0 Å². The maximum Gasteiger partial charge on any atom is 0.460 e. The van der Waals surface area contributed by atoms with Crippen molar-refractivity contribution in [2.45, 2.75) is 88.8 Å². The van der Waals surface area contributed by atoms with Crippen molar-refractivity contribution in [2.24, 2.45) is 0 Å². The maximum atomic E-state index is 13.4. The van der Waals surface area contributed by atoms with Crippen molar-refractivity contribution in [3.63, 3.8) is 0 Å². The van der Waals surface area contributed by atoms with Gasteiger partial charge in [-0.05, 0) is 12.8 Å². The Kier molecular flexibility index (Phi) is 12.0. The normalized spacial score (nSPS) is 13.6. The van der Waals surface area contributed by atoms with E-state index in [0.717, 1.165) is 51.0 Å². The van der Waals surface area contributed by atoms with Gasteiger partial charge in [0.1, 0.15) is 6.04 Å². The third kappa shape index (κ3) is 8.51. The van der Waals surface area contributed by atoms with Crippen LogP contribution in [0.2, 0.25) is 0 Å². The Morgan fingerprint density at radius 1 is 0.933 bits per heavy atom. The molecule has 11 heteroatoms. The zero-order chi connectivity index (χ0) is 23.4. The molecule has 4 nitrogen and oxygen atoms in total. The van der Waals surface area contributed by atoms with Crippen LogP contribution in [0.4, 0.5) is 30.7 Å². The van der Waals surface area contributed by atoms with Crippen LogP contribution in [0, 0.1) is 0 Å². The number of rotatable bonds is 15. The van der Waals surface area contributed by atoms with E-state index in [-0.39, 0.29) is 6.61 Å². The van der Waals surface area contributed by atoms with Gasteiger partial charge in [0.25, 0.3) is 5.91 Å². The molecule has 0 aliphatic heterocycles.